The highest BCUT2D eigenvalue weighted by molar-refractivity contribution is 7.88. The first-order chi connectivity index (χ1) is 16.7. The molecule has 2 unspecified atom stereocenters. The van der Waals surface area contributed by atoms with Crippen molar-refractivity contribution in [3.63, 3.8) is 0 Å². The molecule has 12 heteroatoms. The number of benzene rings is 2. The van der Waals surface area contributed by atoms with Gasteiger partial charge in [0.05, 0.1) is 30.8 Å². The van der Waals surface area contributed by atoms with Crippen LogP contribution in [0.4, 0.5) is 5.69 Å². The van der Waals surface area contributed by atoms with E-state index in [1.54, 1.807) is 24.7 Å². The number of hydrogen-bond acceptors (Lipinski definition) is 7. The predicted molar refractivity (Wildman–Crippen MR) is 134 cm³/mol. The van der Waals surface area contributed by atoms with Gasteiger partial charge < -0.3 is 24.1 Å². The summed E-state index contributed by atoms with van der Waals surface area (Å²) >= 11 is 12.6. The molecule has 2 aromatic carbocycles. The number of hydrogen-bond donors (Lipinski definition) is 2. The molecule has 0 amide bonds. The van der Waals surface area contributed by atoms with Gasteiger partial charge in [-0.1, -0.05) is 29.3 Å². The fourth-order valence-electron chi connectivity index (χ4n) is 3.68. The number of rotatable bonds is 11. The third kappa shape index (κ3) is 7.09. The standard InChI is InChI=1S/C23H26Cl2N4O5S/c1-35(30,31)28-9-8-27-18-3-5-19(6-4-18)32-13-20-14-33-23(34-20,15-29-11-10-26-16-29)21-7-2-17(24)12-22(21)25/h2-7,10-12,16,20,27-28H,8-9,13-15H2,1H3. The smallest absolute Gasteiger partial charge is 0.215 e. The molecule has 1 aliphatic heterocycles. The highest BCUT2D eigenvalue weighted by Gasteiger charge is 2.45. The summed E-state index contributed by atoms with van der Waals surface area (Å²) in [6, 6.07) is 12.6. The predicted octanol–water partition coefficient (Wildman–Crippen LogP) is 3.50. The van der Waals surface area contributed by atoms with Crippen LogP contribution in [0.5, 0.6) is 5.75 Å². The minimum Gasteiger partial charge on any atom is -0.491 e. The van der Waals surface area contributed by atoms with E-state index in [1.165, 1.54) is 0 Å². The molecule has 0 spiro atoms. The van der Waals surface area contributed by atoms with E-state index in [0.717, 1.165) is 11.9 Å². The Balaban J connectivity index is 1.35. The highest BCUT2D eigenvalue weighted by Crippen LogP contribution is 2.40. The molecule has 0 bridgehead atoms. The first-order valence-corrected chi connectivity index (χ1v) is 13.5. The van der Waals surface area contributed by atoms with Crippen molar-refractivity contribution in [2.24, 2.45) is 0 Å². The quantitative estimate of drug-likeness (QED) is 0.358. The van der Waals surface area contributed by atoms with E-state index in [9.17, 15) is 8.42 Å². The second-order valence-electron chi connectivity index (χ2n) is 8.09. The third-order valence-corrected chi connectivity index (χ3v) is 6.54. The lowest BCUT2D eigenvalue weighted by atomic mass is 10.1. The number of nitrogens with zero attached hydrogens (tertiary/aromatic N) is 2. The summed E-state index contributed by atoms with van der Waals surface area (Å²) in [5, 5.41) is 4.12. The van der Waals surface area contributed by atoms with Crippen LogP contribution in [0.2, 0.25) is 10.0 Å². The SMILES string of the molecule is CS(=O)(=O)NCCNc1ccc(OCC2COC(Cn3ccnc3)(c3ccc(Cl)cc3Cl)O2)cc1. The van der Waals surface area contributed by atoms with Crippen molar-refractivity contribution in [1.82, 2.24) is 14.3 Å². The summed E-state index contributed by atoms with van der Waals surface area (Å²) in [4.78, 5) is 4.10. The molecule has 2 atom stereocenters. The summed E-state index contributed by atoms with van der Waals surface area (Å²) in [5.41, 5.74) is 1.53. The first-order valence-electron chi connectivity index (χ1n) is 10.9. The Labute approximate surface area is 214 Å². The van der Waals surface area contributed by atoms with E-state index < -0.39 is 15.8 Å². The fraction of sp³-hybridized carbons (Fsp3) is 0.348. The molecule has 1 fully saturated rings. The minimum absolute atomic E-state index is 0.280. The molecule has 1 aliphatic rings. The summed E-state index contributed by atoms with van der Waals surface area (Å²) in [6.45, 7) is 1.73. The van der Waals surface area contributed by atoms with Crippen molar-refractivity contribution >= 4 is 38.9 Å². The zero-order valence-corrected chi connectivity index (χ0v) is 21.3. The normalized spacial score (nSPS) is 20.1. The Bertz CT molecular complexity index is 1230. The number of ether oxygens (including phenoxy) is 3. The Morgan fingerprint density at radius 3 is 2.69 bits per heavy atom. The van der Waals surface area contributed by atoms with Crippen molar-refractivity contribution in [2.75, 3.05) is 37.9 Å². The molecule has 35 heavy (non-hydrogen) atoms. The summed E-state index contributed by atoms with van der Waals surface area (Å²) < 4.78 is 45.0. The van der Waals surface area contributed by atoms with Gasteiger partial charge in [-0.15, -0.1) is 0 Å². The lowest BCUT2D eigenvalue weighted by Crippen LogP contribution is -2.34. The Morgan fingerprint density at radius 1 is 1.20 bits per heavy atom. The maximum atomic E-state index is 11.1. The van der Waals surface area contributed by atoms with Gasteiger partial charge >= 0.3 is 0 Å². The van der Waals surface area contributed by atoms with Gasteiger partial charge in [0.1, 0.15) is 18.5 Å². The topological polar surface area (TPSA) is 104 Å². The minimum atomic E-state index is -3.20. The summed E-state index contributed by atoms with van der Waals surface area (Å²) in [5.74, 6) is -0.436. The molecule has 2 N–H and O–H groups in total. The third-order valence-electron chi connectivity index (χ3n) is 5.26. The van der Waals surface area contributed by atoms with Crippen LogP contribution in [-0.2, 0) is 31.8 Å². The van der Waals surface area contributed by atoms with E-state index >= 15 is 0 Å². The average Bonchev–Trinajstić information content (AvgIpc) is 3.46. The average molecular weight is 541 g/mol. The second-order valence-corrected chi connectivity index (χ2v) is 10.8. The number of imidazole rings is 1. The number of nitrogens with one attached hydrogen (secondary N) is 2. The van der Waals surface area contributed by atoms with Gasteiger partial charge in [-0.2, -0.15) is 0 Å². The number of sulfonamides is 1. The van der Waals surface area contributed by atoms with Gasteiger partial charge in [0.25, 0.3) is 0 Å². The molecule has 9 nitrogen and oxygen atoms in total. The van der Waals surface area contributed by atoms with E-state index in [4.69, 9.17) is 37.4 Å². The van der Waals surface area contributed by atoms with Crippen molar-refractivity contribution in [2.45, 2.75) is 18.4 Å². The van der Waals surface area contributed by atoms with Crippen LogP contribution in [-0.4, -0.2) is 56.6 Å². The fourth-order valence-corrected chi connectivity index (χ4v) is 4.70. The Kier molecular flexibility index (Phi) is 8.20. The van der Waals surface area contributed by atoms with Crippen LogP contribution in [0, 0.1) is 0 Å². The first kappa shape index (κ1) is 25.7. The Morgan fingerprint density at radius 2 is 2.00 bits per heavy atom. The van der Waals surface area contributed by atoms with Gasteiger partial charge in [0.2, 0.25) is 15.8 Å². The molecule has 1 aromatic heterocycles. The second kappa shape index (κ2) is 11.2. The van der Waals surface area contributed by atoms with E-state index in [0.29, 0.717) is 47.6 Å². The summed E-state index contributed by atoms with van der Waals surface area (Å²) in [6.07, 6.45) is 6.01. The van der Waals surface area contributed by atoms with E-state index in [2.05, 4.69) is 15.0 Å². The molecular formula is C23H26Cl2N4O5S. The maximum Gasteiger partial charge on any atom is 0.215 e. The molecule has 0 aliphatic carbocycles. The molecule has 1 saturated heterocycles. The van der Waals surface area contributed by atoms with Gasteiger partial charge in [0.15, 0.2) is 0 Å². The van der Waals surface area contributed by atoms with Gasteiger partial charge in [-0.3, -0.25) is 0 Å². The lowest BCUT2D eigenvalue weighted by molar-refractivity contribution is -0.189. The molecule has 188 valence electrons. The van der Waals surface area contributed by atoms with Crippen LogP contribution in [0.25, 0.3) is 0 Å². The Hall–Kier alpha value is -2.34. The van der Waals surface area contributed by atoms with Gasteiger partial charge in [-0.05, 0) is 36.4 Å². The largest absolute Gasteiger partial charge is 0.491 e. The van der Waals surface area contributed by atoms with Crippen molar-refractivity contribution < 1.29 is 22.6 Å². The molecule has 0 saturated carbocycles. The lowest BCUT2D eigenvalue weighted by Gasteiger charge is -2.30. The number of anilines is 1. The molecule has 2 heterocycles. The molecular weight excluding hydrogens is 515 g/mol. The van der Waals surface area contributed by atoms with E-state index in [1.807, 2.05) is 41.1 Å². The zero-order valence-electron chi connectivity index (χ0n) is 19.0. The highest BCUT2D eigenvalue weighted by atomic mass is 35.5. The van der Waals surface area contributed by atoms with Crippen LogP contribution < -0.4 is 14.8 Å². The monoisotopic (exact) mass is 540 g/mol. The molecule has 3 aromatic rings. The van der Waals surface area contributed by atoms with Crippen molar-refractivity contribution in [3.05, 3.63) is 76.8 Å². The van der Waals surface area contributed by atoms with Crippen LogP contribution in [0.15, 0.2) is 61.2 Å². The van der Waals surface area contributed by atoms with Crippen LogP contribution in [0.1, 0.15) is 5.56 Å². The summed E-state index contributed by atoms with van der Waals surface area (Å²) in [7, 11) is -3.20. The molecule has 0 radical (unpaired) electrons. The van der Waals surface area contributed by atoms with Crippen molar-refractivity contribution in [3.8, 4) is 5.75 Å². The van der Waals surface area contributed by atoms with Crippen LogP contribution >= 0.6 is 23.2 Å². The van der Waals surface area contributed by atoms with Crippen molar-refractivity contribution in [1.29, 1.82) is 0 Å². The van der Waals surface area contributed by atoms with Gasteiger partial charge in [-0.25, -0.2) is 18.1 Å². The van der Waals surface area contributed by atoms with Crippen LogP contribution in [0.3, 0.4) is 0 Å². The molecule has 4 rings (SSSR count). The maximum absolute atomic E-state index is 11.1. The van der Waals surface area contributed by atoms with Gasteiger partial charge in [0, 0.05) is 41.8 Å². The number of halogens is 2. The van der Waals surface area contributed by atoms with E-state index in [-0.39, 0.29) is 12.7 Å². The zero-order chi connectivity index (χ0) is 24.9. The number of aromatic nitrogens is 2.